The van der Waals surface area contributed by atoms with Crippen LogP contribution in [0.5, 0.6) is 0 Å². The van der Waals surface area contributed by atoms with Crippen molar-refractivity contribution in [2.45, 2.75) is 17.7 Å². The minimum Gasteiger partial charge on any atom is -0.468 e. The molecule has 0 bridgehead atoms. The standard InChI is InChI=1S/C7H12N2O3S/c1-12-6(10)5-4(2-3-13-5)9-7(8)11/h4-5H,2-3H2,1H3,(H3,8,9,11). The van der Waals surface area contributed by atoms with E-state index in [1.807, 2.05) is 0 Å². The number of carbonyl (C=O) groups is 2. The maximum absolute atomic E-state index is 11.2. The van der Waals surface area contributed by atoms with Gasteiger partial charge in [0, 0.05) is 0 Å². The number of nitrogens with two attached hydrogens (primary N) is 1. The Kier molecular flexibility index (Phi) is 3.41. The molecule has 5 nitrogen and oxygen atoms in total. The van der Waals surface area contributed by atoms with Gasteiger partial charge in [-0.1, -0.05) is 0 Å². The van der Waals surface area contributed by atoms with Gasteiger partial charge >= 0.3 is 12.0 Å². The number of amides is 2. The van der Waals surface area contributed by atoms with Crippen LogP contribution >= 0.6 is 11.8 Å². The van der Waals surface area contributed by atoms with Gasteiger partial charge in [0.2, 0.25) is 0 Å². The average molecular weight is 204 g/mol. The number of methoxy groups -OCH3 is 1. The summed E-state index contributed by atoms with van der Waals surface area (Å²) < 4.78 is 4.59. The highest BCUT2D eigenvalue weighted by Crippen LogP contribution is 2.27. The molecule has 1 rings (SSSR count). The highest BCUT2D eigenvalue weighted by Gasteiger charge is 2.35. The average Bonchev–Trinajstić information content (AvgIpc) is 2.50. The van der Waals surface area contributed by atoms with E-state index in [4.69, 9.17) is 5.73 Å². The van der Waals surface area contributed by atoms with Gasteiger partial charge in [0.25, 0.3) is 0 Å². The lowest BCUT2D eigenvalue weighted by molar-refractivity contribution is -0.140. The second-order valence-electron chi connectivity index (χ2n) is 2.72. The van der Waals surface area contributed by atoms with Gasteiger partial charge in [0.15, 0.2) is 0 Å². The van der Waals surface area contributed by atoms with Crippen LogP contribution in [0.2, 0.25) is 0 Å². The summed E-state index contributed by atoms with van der Waals surface area (Å²) in [6.07, 6.45) is 0.757. The highest BCUT2D eigenvalue weighted by atomic mass is 32.2. The molecule has 3 N–H and O–H groups in total. The van der Waals surface area contributed by atoms with Crippen molar-refractivity contribution in [3.63, 3.8) is 0 Å². The minimum atomic E-state index is -0.596. The van der Waals surface area contributed by atoms with E-state index >= 15 is 0 Å². The van der Waals surface area contributed by atoms with E-state index in [0.29, 0.717) is 0 Å². The van der Waals surface area contributed by atoms with Gasteiger partial charge in [0.1, 0.15) is 5.25 Å². The number of esters is 1. The van der Waals surface area contributed by atoms with Crippen LogP contribution in [-0.4, -0.2) is 36.2 Å². The minimum absolute atomic E-state index is 0.185. The molecule has 1 aliphatic heterocycles. The van der Waals surface area contributed by atoms with Crippen molar-refractivity contribution >= 4 is 23.8 Å². The third kappa shape index (κ3) is 2.51. The number of carbonyl (C=O) groups excluding carboxylic acids is 2. The van der Waals surface area contributed by atoms with Crippen LogP contribution in [0.25, 0.3) is 0 Å². The predicted molar refractivity (Wildman–Crippen MR) is 49.4 cm³/mol. The van der Waals surface area contributed by atoms with Gasteiger partial charge in [-0.05, 0) is 12.2 Å². The van der Waals surface area contributed by atoms with E-state index in [1.165, 1.54) is 18.9 Å². The molecule has 13 heavy (non-hydrogen) atoms. The first-order valence-electron chi connectivity index (χ1n) is 3.90. The molecule has 0 saturated carbocycles. The molecule has 0 aromatic heterocycles. The Hall–Kier alpha value is -0.910. The third-order valence-electron chi connectivity index (χ3n) is 1.85. The molecule has 0 aromatic rings. The summed E-state index contributed by atoms with van der Waals surface area (Å²) in [5.74, 6) is 0.534. The zero-order valence-corrected chi connectivity index (χ0v) is 8.10. The van der Waals surface area contributed by atoms with Crippen LogP contribution < -0.4 is 11.1 Å². The molecule has 6 heteroatoms. The first kappa shape index (κ1) is 10.2. The van der Waals surface area contributed by atoms with Gasteiger partial charge in [-0.25, -0.2) is 4.79 Å². The molecule has 0 radical (unpaired) electrons. The second-order valence-corrected chi connectivity index (χ2v) is 3.97. The van der Waals surface area contributed by atoms with E-state index in [9.17, 15) is 9.59 Å². The summed E-state index contributed by atoms with van der Waals surface area (Å²) in [6.45, 7) is 0. The molecular weight excluding hydrogens is 192 g/mol. The molecule has 0 spiro atoms. The monoisotopic (exact) mass is 204 g/mol. The fourth-order valence-corrected chi connectivity index (χ4v) is 2.58. The van der Waals surface area contributed by atoms with Gasteiger partial charge in [-0.15, -0.1) is 11.8 Å². The smallest absolute Gasteiger partial charge is 0.320 e. The Morgan fingerprint density at radius 3 is 2.85 bits per heavy atom. The maximum atomic E-state index is 11.2. The zero-order valence-electron chi connectivity index (χ0n) is 7.28. The van der Waals surface area contributed by atoms with Crippen LogP contribution in [0, 0.1) is 0 Å². The molecule has 1 fully saturated rings. The van der Waals surface area contributed by atoms with Gasteiger partial charge < -0.3 is 15.8 Å². The van der Waals surface area contributed by atoms with Crippen molar-refractivity contribution in [2.75, 3.05) is 12.9 Å². The van der Waals surface area contributed by atoms with Crippen molar-refractivity contribution in [1.82, 2.24) is 5.32 Å². The molecular formula is C7H12N2O3S. The molecule has 2 atom stereocenters. The van der Waals surface area contributed by atoms with Crippen LogP contribution in [0.15, 0.2) is 0 Å². The Morgan fingerprint density at radius 2 is 2.31 bits per heavy atom. The number of hydrogen-bond acceptors (Lipinski definition) is 4. The number of rotatable bonds is 2. The summed E-state index contributed by atoms with van der Waals surface area (Å²) in [5, 5.41) is 2.22. The normalized spacial score (nSPS) is 26.8. The quantitative estimate of drug-likeness (QED) is 0.605. The number of ether oxygens (including phenoxy) is 1. The molecule has 2 amide bonds. The maximum Gasteiger partial charge on any atom is 0.320 e. The van der Waals surface area contributed by atoms with Crippen LogP contribution in [0.1, 0.15) is 6.42 Å². The molecule has 1 heterocycles. The van der Waals surface area contributed by atoms with Crippen LogP contribution in [0.4, 0.5) is 4.79 Å². The van der Waals surface area contributed by atoms with Crippen molar-refractivity contribution in [3.8, 4) is 0 Å². The van der Waals surface area contributed by atoms with E-state index in [1.54, 1.807) is 0 Å². The molecule has 1 saturated heterocycles. The summed E-state index contributed by atoms with van der Waals surface area (Å²) in [5.41, 5.74) is 4.96. The lowest BCUT2D eigenvalue weighted by Crippen LogP contribution is -2.45. The van der Waals surface area contributed by atoms with Crippen LogP contribution in [0.3, 0.4) is 0 Å². The summed E-state index contributed by atoms with van der Waals surface area (Å²) >= 11 is 1.48. The SMILES string of the molecule is COC(=O)C1SCCC1NC(N)=O. The van der Waals surface area contributed by atoms with Crippen molar-refractivity contribution in [1.29, 1.82) is 0 Å². The molecule has 0 aromatic carbocycles. The molecule has 2 unspecified atom stereocenters. The number of urea groups is 1. The lowest BCUT2D eigenvalue weighted by atomic mass is 10.1. The summed E-state index contributed by atoms with van der Waals surface area (Å²) in [6, 6.07) is -0.781. The first-order chi connectivity index (χ1) is 6.15. The fraction of sp³-hybridized carbons (Fsp3) is 0.714. The highest BCUT2D eigenvalue weighted by molar-refractivity contribution is 8.00. The first-order valence-corrected chi connectivity index (χ1v) is 4.95. The third-order valence-corrected chi connectivity index (χ3v) is 3.20. The Morgan fingerprint density at radius 1 is 1.62 bits per heavy atom. The van der Waals surface area contributed by atoms with Crippen molar-refractivity contribution < 1.29 is 14.3 Å². The summed E-state index contributed by atoms with van der Waals surface area (Å²) in [4.78, 5) is 21.7. The predicted octanol–water partition coefficient (Wildman–Crippen LogP) is -0.298. The number of hydrogen-bond donors (Lipinski definition) is 2. The number of primary amides is 1. The van der Waals surface area contributed by atoms with Crippen LogP contribution in [-0.2, 0) is 9.53 Å². The molecule has 0 aliphatic carbocycles. The van der Waals surface area contributed by atoms with Gasteiger partial charge in [-0.2, -0.15) is 0 Å². The molecule has 1 aliphatic rings. The second kappa shape index (κ2) is 4.36. The van der Waals surface area contributed by atoms with Crippen molar-refractivity contribution in [2.24, 2.45) is 5.73 Å². The van der Waals surface area contributed by atoms with E-state index < -0.39 is 6.03 Å². The fourth-order valence-electron chi connectivity index (χ4n) is 1.27. The lowest BCUT2D eigenvalue weighted by Gasteiger charge is -2.16. The summed E-state index contributed by atoms with van der Waals surface area (Å²) in [7, 11) is 1.34. The van der Waals surface area contributed by atoms with Gasteiger partial charge in [-0.3, -0.25) is 4.79 Å². The zero-order chi connectivity index (χ0) is 9.84. The molecule has 74 valence electrons. The number of thioether (sulfide) groups is 1. The Balaban J connectivity index is 2.53. The van der Waals surface area contributed by atoms with E-state index in [2.05, 4.69) is 10.1 Å². The van der Waals surface area contributed by atoms with E-state index in [0.717, 1.165) is 12.2 Å². The van der Waals surface area contributed by atoms with E-state index in [-0.39, 0.29) is 17.3 Å². The largest absolute Gasteiger partial charge is 0.468 e. The van der Waals surface area contributed by atoms with Gasteiger partial charge in [0.05, 0.1) is 13.2 Å². The Bertz CT molecular complexity index is 222. The Labute approximate surface area is 80.4 Å². The number of nitrogens with one attached hydrogen (secondary N) is 1. The topological polar surface area (TPSA) is 81.4 Å². The van der Waals surface area contributed by atoms with Crippen molar-refractivity contribution in [3.05, 3.63) is 0 Å².